The number of pyridine rings is 1. The first-order valence-electron chi connectivity index (χ1n) is 10.3. The number of rotatable bonds is 7. The van der Waals surface area contributed by atoms with Crippen LogP contribution in [0, 0.1) is 12.7 Å². The number of thioether (sulfide) groups is 1. The number of para-hydroxylation sites is 1. The molecule has 33 heavy (non-hydrogen) atoms. The number of halogens is 1. The first kappa shape index (κ1) is 21.0. The number of fused-ring (bicyclic) bond motifs is 1. The third-order valence-electron chi connectivity index (χ3n) is 5.18. The number of nitrogens with two attached hydrogens (primary N) is 1. The fourth-order valence-electron chi connectivity index (χ4n) is 3.51. The van der Waals surface area contributed by atoms with Crippen molar-refractivity contribution in [2.45, 2.75) is 24.4 Å². The Kier molecular flexibility index (Phi) is 5.70. The Morgan fingerprint density at radius 1 is 1.00 bits per heavy atom. The molecule has 0 radical (unpaired) electrons. The molecular formula is C24H21FN6OS. The molecule has 0 unspecified atom stereocenters. The second kappa shape index (κ2) is 8.95. The molecule has 0 aliphatic rings. The van der Waals surface area contributed by atoms with E-state index in [9.17, 15) is 4.39 Å². The molecule has 0 aliphatic carbocycles. The number of benzene rings is 2. The van der Waals surface area contributed by atoms with Gasteiger partial charge in [-0.05, 0) is 30.7 Å². The van der Waals surface area contributed by atoms with Crippen LogP contribution in [0.2, 0.25) is 0 Å². The summed E-state index contributed by atoms with van der Waals surface area (Å²) in [6, 6.07) is 20.3. The van der Waals surface area contributed by atoms with Gasteiger partial charge in [-0.2, -0.15) is 0 Å². The van der Waals surface area contributed by atoms with Crippen LogP contribution in [0.1, 0.15) is 17.1 Å². The zero-order valence-electron chi connectivity index (χ0n) is 17.9. The average Bonchev–Trinajstić information content (AvgIpc) is 3.37. The van der Waals surface area contributed by atoms with Crippen molar-refractivity contribution in [3.63, 3.8) is 0 Å². The van der Waals surface area contributed by atoms with Crippen molar-refractivity contribution in [1.82, 2.24) is 24.3 Å². The van der Waals surface area contributed by atoms with E-state index in [4.69, 9.17) is 15.6 Å². The first-order valence-corrected chi connectivity index (χ1v) is 11.3. The third kappa shape index (κ3) is 4.27. The number of hydrogen-bond donors (Lipinski definition) is 1. The molecule has 0 amide bonds. The lowest BCUT2D eigenvalue weighted by atomic mass is 10.1. The van der Waals surface area contributed by atoms with E-state index in [2.05, 4.69) is 27.7 Å². The first-order chi connectivity index (χ1) is 16.1. The van der Waals surface area contributed by atoms with Gasteiger partial charge in [0.1, 0.15) is 12.3 Å². The zero-order valence-corrected chi connectivity index (χ0v) is 18.7. The van der Waals surface area contributed by atoms with Gasteiger partial charge in [-0.1, -0.05) is 60.3 Å². The van der Waals surface area contributed by atoms with Crippen molar-refractivity contribution in [3.05, 3.63) is 95.8 Å². The minimum Gasteiger partial charge on any atom is -0.482 e. The van der Waals surface area contributed by atoms with Gasteiger partial charge in [0.15, 0.2) is 17.4 Å². The Morgan fingerprint density at radius 3 is 2.61 bits per heavy atom. The van der Waals surface area contributed by atoms with Gasteiger partial charge in [-0.15, -0.1) is 10.2 Å². The highest BCUT2D eigenvalue weighted by atomic mass is 32.2. The summed E-state index contributed by atoms with van der Waals surface area (Å²) in [5.41, 5.74) is 5.02. The van der Waals surface area contributed by atoms with Gasteiger partial charge >= 0.3 is 0 Å². The molecular weight excluding hydrogens is 439 g/mol. The number of aromatic nitrogens is 5. The van der Waals surface area contributed by atoms with Crippen molar-refractivity contribution in [1.29, 1.82) is 0 Å². The second-order valence-corrected chi connectivity index (χ2v) is 8.43. The summed E-state index contributed by atoms with van der Waals surface area (Å²) in [5, 5.41) is 8.84. The molecule has 3 heterocycles. The molecule has 2 N–H and O–H groups in total. The minimum absolute atomic E-state index is 0.00899. The minimum atomic E-state index is -0.438. The van der Waals surface area contributed by atoms with E-state index >= 15 is 0 Å². The summed E-state index contributed by atoms with van der Waals surface area (Å²) in [6.07, 6.45) is 2.07. The number of ether oxygens (including phenoxy) is 1. The topological polar surface area (TPSA) is 83.3 Å². The molecule has 0 atom stereocenters. The number of nitrogen functional groups attached to an aromatic ring is 1. The van der Waals surface area contributed by atoms with E-state index < -0.39 is 5.82 Å². The molecule has 0 aliphatic heterocycles. The normalized spacial score (nSPS) is 11.2. The molecule has 5 rings (SSSR count). The summed E-state index contributed by atoms with van der Waals surface area (Å²) in [5.74, 6) is 6.89. The van der Waals surface area contributed by atoms with Gasteiger partial charge in [-0.25, -0.2) is 14.1 Å². The number of aryl methyl sites for hydroxylation is 1. The molecule has 0 saturated carbocycles. The van der Waals surface area contributed by atoms with Crippen LogP contribution in [0.15, 0.2) is 78.1 Å². The Hall–Kier alpha value is -3.85. The van der Waals surface area contributed by atoms with Crippen molar-refractivity contribution in [2.24, 2.45) is 0 Å². The van der Waals surface area contributed by atoms with Crippen LogP contribution in [0.5, 0.6) is 5.75 Å². The molecule has 0 fully saturated rings. The van der Waals surface area contributed by atoms with Crippen LogP contribution in [-0.2, 0) is 12.4 Å². The lowest BCUT2D eigenvalue weighted by Crippen LogP contribution is -2.16. The Morgan fingerprint density at radius 2 is 1.79 bits per heavy atom. The number of nitrogens with zero attached hydrogens (tertiary/aromatic N) is 5. The molecule has 0 spiro atoms. The SMILES string of the molecule is Cc1ccc2nc(-c3ccccc3)c(CSc3nnc(COc4ccccc4F)n3N)n2c1. The highest BCUT2D eigenvalue weighted by Crippen LogP contribution is 2.30. The highest BCUT2D eigenvalue weighted by molar-refractivity contribution is 7.98. The van der Waals surface area contributed by atoms with Gasteiger partial charge in [0.25, 0.3) is 0 Å². The monoisotopic (exact) mass is 460 g/mol. The Labute approximate surface area is 194 Å². The lowest BCUT2D eigenvalue weighted by molar-refractivity contribution is 0.277. The molecule has 7 nitrogen and oxygen atoms in total. The van der Waals surface area contributed by atoms with Crippen LogP contribution in [-0.4, -0.2) is 24.3 Å². The maximum Gasteiger partial charge on any atom is 0.210 e. The van der Waals surface area contributed by atoms with Gasteiger partial charge in [0.05, 0.1) is 11.4 Å². The number of imidazole rings is 1. The molecule has 3 aromatic heterocycles. The number of hydrogen-bond acceptors (Lipinski definition) is 6. The van der Waals surface area contributed by atoms with Crippen molar-refractivity contribution >= 4 is 17.4 Å². The maximum absolute atomic E-state index is 13.8. The van der Waals surface area contributed by atoms with E-state index in [0.717, 1.165) is 28.2 Å². The van der Waals surface area contributed by atoms with E-state index in [1.54, 1.807) is 18.2 Å². The summed E-state index contributed by atoms with van der Waals surface area (Å²) in [7, 11) is 0. The molecule has 0 saturated heterocycles. The quantitative estimate of drug-likeness (QED) is 0.282. The summed E-state index contributed by atoms with van der Waals surface area (Å²) in [6.45, 7) is 2.06. The van der Waals surface area contributed by atoms with E-state index in [0.29, 0.717) is 16.7 Å². The zero-order chi connectivity index (χ0) is 22.8. The standard InChI is InChI=1S/C24H21FN6OS/c1-16-11-12-21-27-23(17-7-3-2-4-8-17)19(30(21)13-16)15-33-24-29-28-22(31(24)26)14-32-20-10-6-5-9-18(20)25/h2-13H,14-15,26H2,1H3. The molecule has 2 aromatic carbocycles. The smallest absolute Gasteiger partial charge is 0.210 e. The third-order valence-corrected chi connectivity index (χ3v) is 6.13. The van der Waals surface area contributed by atoms with Crippen LogP contribution in [0.25, 0.3) is 16.9 Å². The average molecular weight is 461 g/mol. The fraction of sp³-hybridized carbons (Fsp3) is 0.125. The summed E-state index contributed by atoms with van der Waals surface area (Å²) < 4.78 is 22.8. The van der Waals surface area contributed by atoms with Crippen molar-refractivity contribution in [2.75, 3.05) is 5.84 Å². The summed E-state index contributed by atoms with van der Waals surface area (Å²) >= 11 is 1.45. The maximum atomic E-state index is 13.8. The fourth-order valence-corrected chi connectivity index (χ4v) is 4.39. The summed E-state index contributed by atoms with van der Waals surface area (Å²) in [4.78, 5) is 4.86. The molecule has 9 heteroatoms. The molecule has 0 bridgehead atoms. The largest absolute Gasteiger partial charge is 0.482 e. The highest BCUT2D eigenvalue weighted by Gasteiger charge is 2.17. The second-order valence-electron chi connectivity index (χ2n) is 7.48. The van der Waals surface area contributed by atoms with Crippen LogP contribution in [0.4, 0.5) is 4.39 Å². The van der Waals surface area contributed by atoms with Crippen LogP contribution in [0.3, 0.4) is 0 Å². The van der Waals surface area contributed by atoms with Gasteiger partial charge in [0.2, 0.25) is 5.16 Å². The van der Waals surface area contributed by atoms with Crippen LogP contribution < -0.4 is 10.6 Å². The van der Waals surface area contributed by atoms with Gasteiger partial charge in [-0.3, -0.25) is 0 Å². The van der Waals surface area contributed by atoms with Crippen LogP contribution >= 0.6 is 11.8 Å². The van der Waals surface area contributed by atoms with Gasteiger partial charge < -0.3 is 15.0 Å². The Balaban J connectivity index is 1.39. The van der Waals surface area contributed by atoms with E-state index in [1.165, 1.54) is 22.5 Å². The predicted octanol–water partition coefficient (Wildman–Crippen LogP) is 4.63. The lowest BCUT2D eigenvalue weighted by Gasteiger charge is -2.08. The molecule has 5 aromatic rings. The van der Waals surface area contributed by atoms with Gasteiger partial charge in [0, 0.05) is 17.5 Å². The predicted molar refractivity (Wildman–Crippen MR) is 126 cm³/mol. The van der Waals surface area contributed by atoms with Crippen molar-refractivity contribution in [3.8, 4) is 17.0 Å². The Bertz CT molecular complexity index is 1420. The van der Waals surface area contributed by atoms with E-state index in [-0.39, 0.29) is 12.4 Å². The molecule has 166 valence electrons. The van der Waals surface area contributed by atoms with E-state index in [1.807, 2.05) is 42.5 Å². The van der Waals surface area contributed by atoms with Crippen molar-refractivity contribution < 1.29 is 9.13 Å².